The van der Waals surface area contributed by atoms with Crippen LogP contribution in [0.2, 0.25) is 0 Å². The van der Waals surface area contributed by atoms with E-state index >= 15 is 0 Å². The van der Waals surface area contributed by atoms with Gasteiger partial charge >= 0.3 is 0 Å². The number of piperidine rings is 1. The van der Waals surface area contributed by atoms with Crippen molar-refractivity contribution in [1.82, 2.24) is 4.31 Å². The summed E-state index contributed by atoms with van der Waals surface area (Å²) in [6, 6.07) is 5.49. The molecule has 0 bridgehead atoms. The molecule has 0 radical (unpaired) electrons. The summed E-state index contributed by atoms with van der Waals surface area (Å²) in [7, 11) is -3.77. The molecule has 1 aromatic rings. The second-order valence-electron chi connectivity index (χ2n) is 4.74. The van der Waals surface area contributed by atoms with E-state index in [4.69, 9.17) is 0 Å². The lowest BCUT2D eigenvalue weighted by molar-refractivity contribution is -0.255. The number of hydrogen-bond acceptors (Lipinski definition) is 4. The van der Waals surface area contributed by atoms with E-state index in [2.05, 4.69) is 0 Å². The number of carbonyl (C=O) groups excluding carboxylic acids is 1. The molecular weight excluding hydrogens is 266 g/mol. The molecule has 104 valence electrons. The minimum absolute atomic E-state index is 0.103. The molecule has 0 aromatic heterocycles. The summed E-state index contributed by atoms with van der Waals surface area (Å²) >= 11 is 0. The van der Waals surface area contributed by atoms with Gasteiger partial charge in [0.25, 0.3) is 0 Å². The number of sulfonamides is 1. The van der Waals surface area contributed by atoms with E-state index < -0.39 is 16.0 Å². The Labute approximate surface area is 112 Å². The van der Waals surface area contributed by atoms with Gasteiger partial charge < -0.3 is 9.90 Å². The van der Waals surface area contributed by atoms with Crippen LogP contribution in [0.5, 0.6) is 0 Å². The predicted molar refractivity (Wildman–Crippen MR) is 68.0 cm³/mol. The first kappa shape index (κ1) is 14.0. The summed E-state index contributed by atoms with van der Waals surface area (Å²) in [6.45, 7) is 2.28. The van der Waals surface area contributed by atoms with Crippen molar-refractivity contribution in [3.05, 3.63) is 29.8 Å². The summed E-state index contributed by atoms with van der Waals surface area (Å²) in [5.41, 5.74) is -0.278. The third-order valence-corrected chi connectivity index (χ3v) is 5.51. The molecule has 1 aliphatic heterocycles. The summed E-state index contributed by atoms with van der Waals surface area (Å²) in [6.07, 6.45) is 2.60. The fourth-order valence-electron chi connectivity index (χ4n) is 2.42. The van der Waals surface area contributed by atoms with Gasteiger partial charge in [0.15, 0.2) is 0 Å². The zero-order chi connectivity index (χ0) is 14.0. The first-order chi connectivity index (χ1) is 8.94. The van der Waals surface area contributed by atoms with Gasteiger partial charge in [-0.05, 0) is 25.8 Å². The Morgan fingerprint density at radius 1 is 1.32 bits per heavy atom. The molecule has 1 heterocycles. The fraction of sp³-hybridized carbons (Fsp3) is 0.462. The molecule has 1 saturated heterocycles. The maximum atomic E-state index is 12.6. The van der Waals surface area contributed by atoms with Crippen LogP contribution in [-0.4, -0.2) is 31.3 Å². The Hall–Kier alpha value is -1.40. The van der Waals surface area contributed by atoms with Gasteiger partial charge in [-0.15, -0.1) is 0 Å². The Kier molecular flexibility index (Phi) is 3.91. The van der Waals surface area contributed by atoms with Crippen LogP contribution in [0, 0.1) is 0 Å². The van der Waals surface area contributed by atoms with Gasteiger partial charge in [-0.25, -0.2) is 8.42 Å². The zero-order valence-electron chi connectivity index (χ0n) is 10.7. The van der Waals surface area contributed by atoms with E-state index in [1.807, 2.05) is 6.92 Å². The maximum absolute atomic E-state index is 12.6. The van der Waals surface area contributed by atoms with Crippen molar-refractivity contribution in [2.24, 2.45) is 0 Å². The van der Waals surface area contributed by atoms with E-state index in [1.165, 1.54) is 28.6 Å². The number of nitrogens with zero attached hydrogens (tertiary/aromatic N) is 1. The second-order valence-corrected chi connectivity index (χ2v) is 6.60. The van der Waals surface area contributed by atoms with Crippen LogP contribution in [-0.2, 0) is 10.0 Å². The molecule has 0 aliphatic carbocycles. The molecule has 1 fully saturated rings. The Morgan fingerprint density at radius 2 is 2.00 bits per heavy atom. The van der Waals surface area contributed by atoms with E-state index in [9.17, 15) is 18.3 Å². The van der Waals surface area contributed by atoms with Gasteiger partial charge in [-0.1, -0.05) is 24.6 Å². The van der Waals surface area contributed by atoms with Crippen molar-refractivity contribution in [2.45, 2.75) is 37.1 Å². The first-order valence-corrected chi connectivity index (χ1v) is 7.71. The van der Waals surface area contributed by atoms with Crippen molar-refractivity contribution in [3.63, 3.8) is 0 Å². The summed E-state index contributed by atoms with van der Waals surface area (Å²) < 4.78 is 26.5. The van der Waals surface area contributed by atoms with Gasteiger partial charge in [0, 0.05) is 18.2 Å². The van der Waals surface area contributed by atoms with Gasteiger partial charge in [0.2, 0.25) is 10.0 Å². The predicted octanol–water partition coefficient (Wildman–Crippen LogP) is 0.613. The van der Waals surface area contributed by atoms with Gasteiger partial charge in [0.05, 0.1) is 10.9 Å². The van der Waals surface area contributed by atoms with Crippen LogP contribution in [0.25, 0.3) is 0 Å². The Bertz CT molecular complexity index is 582. The topological polar surface area (TPSA) is 77.5 Å². The Balaban J connectivity index is 2.47. The molecule has 6 heteroatoms. The second kappa shape index (κ2) is 5.30. The van der Waals surface area contributed by atoms with Crippen LogP contribution >= 0.6 is 0 Å². The molecule has 5 nitrogen and oxygen atoms in total. The average molecular weight is 282 g/mol. The third-order valence-electron chi connectivity index (χ3n) is 3.44. The van der Waals surface area contributed by atoms with Crippen molar-refractivity contribution in [1.29, 1.82) is 0 Å². The molecule has 0 unspecified atom stereocenters. The highest BCUT2D eigenvalue weighted by Crippen LogP contribution is 2.26. The highest BCUT2D eigenvalue weighted by Gasteiger charge is 2.32. The lowest BCUT2D eigenvalue weighted by atomic mass is 10.1. The fourth-order valence-corrected chi connectivity index (χ4v) is 4.30. The van der Waals surface area contributed by atoms with Crippen LogP contribution in [0.3, 0.4) is 0 Å². The molecule has 19 heavy (non-hydrogen) atoms. The van der Waals surface area contributed by atoms with Gasteiger partial charge in [-0.2, -0.15) is 4.31 Å². The monoisotopic (exact) mass is 282 g/mol. The summed E-state index contributed by atoms with van der Waals surface area (Å²) in [5.74, 6) is -1.47. The molecule has 0 saturated carbocycles. The minimum atomic E-state index is -3.77. The molecule has 1 aliphatic rings. The molecule has 0 amide bonds. The number of aromatic carboxylic acids is 1. The first-order valence-electron chi connectivity index (χ1n) is 6.27. The summed E-state index contributed by atoms with van der Waals surface area (Å²) in [5, 5.41) is 11.0. The SMILES string of the molecule is C[C@@H]1CCCCN1S(=O)(=O)c1ccccc1C(=O)[O-]. The lowest BCUT2D eigenvalue weighted by Crippen LogP contribution is -2.42. The van der Waals surface area contributed by atoms with Crippen molar-refractivity contribution in [3.8, 4) is 0 Å². The van der Waals surface area contributed by atoms with Crippen molar-refractivity contribution in [2.75, 3.05) is 6.54 Å². The largest absolute Gasteiger partial charge is 0.545 e. The smallest absolute Gasteiger partial charge is 0.243 e. The molecule has 0 N–H and O–H groups in total. The van der Waals surface area contributed by atoms with Crippen LogP contribution in [0.1, 0.15) is 36.5 Å². The van der Waals surface area contributed by atoms with E-state index in [0.717, 1.165) is 19.3 Å². The number of carbonyl (C=O) groups is 1. The zero-order valence-corrected chi connectivity index (χ0v) is 11.5. The number of benzene rings is 1. The van der Waals surface area contributed by atoms with E-state index in [0.29, 0.717) is 6.54 Å². The number of carboxylic acids is 1. The molecule has 0 spiro atoms. The normalized spacial score (nSPS) is 21.2. The van der Waals surface area contributed by atoms with Gasteiger partial charge in [0.1, 0.15) is 0 Å². The van der Waals surface area contributed by atoms with E-state index in [-0.39, 0.29) is 16.5 Å². The molecule has 2 rings (SSSR count). The van der Waals surface area contributed by atoms with Crippen molar-refractivity contribution < 1.29 is 18.3 Å². The number of carboxylic acid groups (broad SMARTS) is 1. The average Bonchev–Trinajstić information content (AvgIpc) is 2.39. The Morgan fingerprint density at radius 3 is 2.63 bits per heavy atom. The number of hydrogen-bond donors (Lipinski definition) is 0. The third kappa shape index (κ3) is 2.64. The summed E-state index contributed by atoms with van der Waals surface area (Å²) in [4.78, 5) is 10.9. The quantitative estimate of drug-likeness (QED) is 0.814. The molecule has 1 aromatic carbocycles. The van der Waals surface area contributed by atoms with Crippen molar-refractivity contribution >= 4 is 16.0 Å². The maximum Gasteiger partial charge on any atom is 0.243 e. The minimum Gasteiger partial charge on any atom is -0.545 e. The van der Waals surface area contributed by atoms with Gasteiger partial charge in [-0.3, -0.25) is 0 Å². The highest BCUT2D eigenvalue weighted by molar-refractivity contribution is 7.89. The van der Waals surface area contributed by atoms with E-state index in [1.54, 1.807) is 0 Å². The number of rotatable bonds is 3. The molecular formula is C13H16NO4S-. The lowest BCUT2D eigenvalue weighted by Gasteiger charge is -2.32. The standard InChI is InChI=1S/C13H17NO4S/c1-10-6-4-5-9-14(10)19(17,18)12-8-3-2-7-11(12)13(15)16/h2-3,7-8,10H,4-6,9H2,1H3,(H,15,16)/p-1/t10-/m1/s1. The van der Waals surface area contributed by atoms with Crippen LogP contribution in [0.15, 0.2) is 29.2 Å². The van der Waals surface area contributed by atoms with Crippen LogP contribution in [0.4, 0.5) is 0 Å². The highest BCUT2D eigenvalue weighted by atomic mass is 32.2. The van der Waals surface area contributed by atoms with Crippen LogP contribution < -0.4 is 5.11 Å². The molecule has 1 atom stereocenters.